The Labute approximate surface area is 105 Å². The molecule has 0 atom stereocenters. The summed E-state index contributed by atoms with van der Waals surface area (Å²) < 4.78 is 15.8. The highest BCUT2D eigenvalue weighted by atomic mass is 16.5. The Kier molecular flexibility index (Phi) is 3.88. The van der Waals surface area contributed by atoms with E-state index in [0.29, 0.717) is 26.1 Å². The van der Waals surface area contributed by atoms with E-state index in [1.165, 1.54) is 26.6 Å². The molecule has 0 aromatic carbocycles. The van der Waals surface area contributed by atoms with Crippen LogP contribution in [0.5, 0.6) is 5.88 Å². The maximum atomic E-state index is 12.6. The van der Waals surface area contributed by atoms with Gasteiger partial charge in [0, 0.05) is 45.6 Å². The van der Waals surface area contributed by atoms with Gasteiger partial charge in [-0.15, -0.1) is 0 Å². The summed E-state index contributed by atoms with van der Waals surface area (Å²) in [7, 11) is 3.00. The van der Waals surface area contributed by atoms with E-state index in [1.807, 2.05) is 0 Å². The molecule has 18 heavy (non-hydrogen) atoms. The number of nitrogens with zero attached hydrogens (tertiary/aromatic N) is 2. The summed E-state index contributed by atoms with van der Waals surface area (Å²) >= 11 is 0. The molecule has 0 bridgehead atoms. The lowest BCUT2D eigenvalue weighted by Gasteiger charge is -2.34. The number of aromatic nitrogens is 2. The monoisotopic (exact) mass is 252 g/mol. The zero-order valence-corrected chi connectivity index (χ0v) is 10.5. The van der Waals surface area contributed by atoms with Gasteiger partial charge in [-0.05, 0) is 0 Å². The molecule has 98 valence electrons. The topological polar surface area (TPSA) is 70.5 Å². The molecule has 6 nitrogen and oxygen atoms in total. The highest BCUT2D eigenvalue weighted by Crippen LogP contribution is 2.30. The normalized spacial score (nSPS) is 18.3. The Morgan fingerprint density at radius 2 is 1.94 bits per heavy atom. The molecule has 0 spiro atoms. The van der Waals surface area contributed by atoms with Crippen LogP contribution in [-0.2, 0) is 9.47 Å². The van der Waals surface area contributed by atoms with Gasteiger partial charge in [0.25, 0.3) is 0 Å². The van der Waals surface area contributed by atoms with Gasteiger partial charge in [-0.3, -0.25) is 4.79 Å². The third-order valence-electron chi connectivity index (χ3n) is 3.18. The van der Waals surface area contributed by atoms with Crippen molar-refractivity contribution in [3.05, 3.63) is 18.1 Å². The third kappa shape index (κ3) is 2.21. The predicted octanol–water partition coefficient (Wildman–Crippen LogP) is 0.863. The predicted molar refractivity (Wildman–Crippen MR) is 62.7 cm³/mol. The van der Waals surface area contributed by atoms with Gasteiger partial charge < -0.3 is 14.2 Å². The van der Waals surface area contributed by atoms with Crippen LogP contribution >= 0.6 is 0 Å². The molecule has 1 fully saturated rings. The van der Waals surface area contributed by atoms with Crippen molar-refractivity contribution in [1.82, 2.24) is 9.97 Å². The number of carbonyl (C=O) groups is 1. The molecule has 0 unspecified atom stereocenters. The minimum absolute atomic E-state index is 0.196. The highest BCUT2D eigenvalue weighted by Gasteiger charge is 2.42. The first-order chi connectivity index (χ1) is 8.73. The van der Waals surface area contributed by atoms with E-state index in [-0.39, 0.29) is 17.4 Å². The number of ketones is 1. The van der Waals surface area contributed by atoms with Crippen molar-refractivity contribution in [2.24, 2.45) is 0 Å². The molecular formula is C12H16N2O4. The van der Waals surface area contributed by atoms with E-state index in [2.05, 4.69) is 9.97 Å². The van der Waals surface area contributed by atoms with Crippen molar-refractivity contribution in [1.29, 1.82) is 0 Å². The first-order valence-electron chi connectivity index (χ1n) is 5.76. The fourth-order valence-electron chi connectivity index (χ4n) is 2.07. The maximum Gasteiger partial charge on any atom is 0.243 e. The quantitative estimate of drug-likeness (QED) is 0.740. The summed E-state index contributed by atoms with van der Waals surface area (Å²) in [5.74, 6) is 0.0312. The molecule has 6 heteroatoms. The Morgan fingerprint density at radius 3 is 2.56 bits per heavy atom. The molecule has 0 aliphatic carbocycles. The lowest BCUT2D eigenvalue weighted by Crippen LogP contribution is -2.46. The van der Waals surface area contributed by atoms with Gasteiger partial charge in [0.2, 0.25) is 11.7 Å². The fraction of sp³-hybridized carbons (Fsp3) is 0.583. The van der Waals surface area contributed by atoms with Gasteiger partial charge in [0.1, 0.15) is 5.60 Å². The number of rotatable bonds is 4. The largest absolute Gasteiger partial charge is 0.479 e. The van der Waals surface area contributed by atoms with Crippen molar-refractivity contribution in [3.8, 4) is 5.88 Å². The van der Waals surface area contributed by atoms with Crippen LogP contribution in [0.2, 0.25) is 0 Å². The molecule has 1 saturated heterocycles. The van der Waals surface area contributed by atoms with E-state index in [9.17, 15) is 4.79 Å². The molecule has 0 saturated carbocycles. The van der Waals surface area contributed by atoms with E-state index in [1.54, 1.807) is 0 Å². The van der Waals surface area contributed by atoms with E-state index < -0.39 is 5.60 Å². The number of hydrogen-bond acceptors (Lipinski definition) is 6. The Morgan fingerprint density at radius 1 is 1.28 bits per heavy atom. The number of carbonyl (C=O) groups excluding carboxylic acids is 1. The molecule has 1 aromatic rings. The fourth-order valence-corrected chi connectivity index (χ4v) is 2.07. The average molecular weight is 252 g/mol. The number of methoxy groups -OCH3 is 2. The van der Waals surface area contributed by atoms with Crippen LogP contribution in [0.4, 0.5) is 0 Å². The second-order valence-corrected chi connectivity index (χ2v) is 4.05. The molecular weight excluding hydrogens is 236 g/mol. The van der Waals surface area contributed by atoms with E-state index in [0.717, 1.165) is 0 Å². The van der Waals surface area contributed by atoms with Crippen LogP contribution < -0.4 is 4.74 Å². The maximum absolute atomic E-state index is 12.6. The molecule has 1 aliphatic heterocycles. The van der Waals surface area contributed by atoms with Crippen molar-refractivity contribution >= 4 is 5.78 Å². The zero-order chi connectivity index (χ0) is 13.0. The Hall–Kier alpha value is -1.53. The van der Waals surface area contributed by atoms with Gasteiger partial charge in [-0.2, -0.15) is 0 Å². The summed E-state index contributed by atoms with van der Waals surface area (Å²) in [6, 6.07) is 0. The molecule has 2 rings (SSSR count). The molecule has 1 aliphatic rings. The van der Waals surface area contributed by atoms with Crippen LogP contribution in [0.3, 0.4) is 0 Å². The standard InChI is InChI=1S/C12H16N2O4/c1-16-11-9(13-5-6-14-11)10(15)12(17-2)3-7-18-8-4-12/h5-6H,3-4,7-8H2,1-2H3. The minimum atomic E-state index is -0.873. The highest BCUT2D eigenvalue weighted by molar-refractivity contribution is 6.02. The van der Waals surface area contributed by atoms with Crippen molar-refractivity contribution in [2.75, 3.05) is 27.4 Å². The van der Waals surface area contributed by atoms with E-state index >= 15 is 0 Å². The van der Waals surface area contributed by atoms with Gasteiger partial charge >= 0.3 is 0 Å². The van der Waals surface area contributed by atoms with Crippen molar-refractivity contribution in [2.45, 2.75) is 18.4 Å². The van der Waals surface area contributed by atoms with Crippen molar-refractivity contribution < 1.29 is 19.0 Å². The summed E-state index contributed by atoms with van der Waals surface area (Å²) in [6.07, 6.45) is 3.99. The lowest BCUT2D eigenvalue weighted by molar-refractivity contribution is -0.0666. The van der Waals surface area contributed by atoms with Crippen LogP contribution in [-0.4, -0.2) is 48.8 Å². The van der Waals surface area contributed by atoms with Crippen LogP contribution in [0.1, 0.15) is 23.3 Å². The second-order valence-electron chi connectivity index (χ2n) is 4.05. The third-order valence-corrected chi connectivity index (χ3v) is 3.18. The summed E-state index contributed by atoms with van der Waals surface area (Å²) in [6.45, 7) is 1.00. The van der Waals surface area contributed by atoms with Gasteiger partial charge in [-0.25, -0.2) is 9.97 Å². The first-order valence-corrected chi connectivity index (χ1v) is 5.76. The molecule has 0 amide bonds. The summed E-state index contributed by atoms with van der Waals surface area (Å²) in [5, 5.41) is 0. The summed E-state index contributed by atoms with van der Waals surface area (Å²) in [5.41, 5.74) is -0.662. The molecule has 1 aromatic heterocycles. The second kappa shape index (κ2) is 5.41. The zero-order valence-electron chi connectivity index (χ0n) is 10.5. The molecule has 2 heterocycles. The van der Waals surface area contributed by atoms with Crippen LogP contribution in [0, 0.1) is 0 Å². The first kappa shape index (κ1) is 12.9. The number of Topliss-reactive ketones (excluding diaryl/α,β-unsaturated/α-hetero) is 1. The van der Waals surface area contributed by atoms with Crippen LogP contribution in [0.25, 0.3) is 0 Å². The lowest BCUT2D eigenvalue weighted by atomic mass is 9.87. The molecule has 0 radical (unpaired) electrons. The molecule has 0 N–H and O–H groups in total. The Balaban J connectivity index is 2.33. The van der Waals surface area contributed by atoms with Gasteiger partial charge in [0.05, 0.1) is 7.11 Å². The van der Waals surface area contributed by atoms with Gasteiger partial charge in [-0.1, -0.05) is 0 Å². The van der Waals surface area contributed by atoms with E-state index in [4.69, 9.17) is 14.2 Å². The minimum Gasteiger partial charge on any atom is -0.479 e. The van der Waals surface area contributed by atoms with Crippen molar-refractivity contribution in [3.63, 3.8) is 0 Å². The average Bonchev–Trinajstić information content (AvgIpc) is 2.47. The van der Waals surface area contributed by atoms with Gasteiger partial charge in [0.15, 0.2) is 5.69 Å². The smallest absolute Gasteiger partial charge is 0.243 e. The SMILES string of the molecule is COc1nccnc1C(=O)C1(OC)CCOCC1. The number of hydrogen-bond donors (Lipinski definition) is 0. The summed E-state index contributed by atoms with van der Waals surface area (Å²) in [4.78, 5) is 20.6. The van der Waals surface area contributed by atoms with Crippen LogP contribution in [0.15, 0.2) is 12.4 Å². The number of ether oxygens (including phenoxy) is 3. The Bertz CT molecular complexity index is 430.